The minimum absolute atomic E-state index is 0.0417. The second-order valence-corrected chi connectivity index (χ2v) is 5.59. The Morgan fingerprint density at radius 2 is 1.89 bits per heavy atom. The summed E-state index contributed by atoms with van der Waals surface area (Å²) in [4.78, 5) is 32.9. The first-order valence-corrected chi connectivity index (χ1v) is 6.51. The van der Waals surface area contributed by atoms with Crippen molar-refractivity contribution in [1.29, 1.82) is 0 Å². The molecule has 2 atom stereocenters. The molecule has 0 saturated carbocycles. The zero-order valence-electron chi connectivity index (χ0n) is 12.5. The smallest absolute Gasteiger partial charge is 0.167 e. The molecule has 1 rings (SSSR count). The molecule has 1 fully saturated rings. The minimum Gasteiger partial charge on any atom is -0.379 e. The lowest BCUT2D eigenvalue weighted by Crippen LogP contribution is -2.38. The van der Waals surface area contributed by atoms with Gasteiger partial charge in [-0.1, -0.05) is 0 Å². The predicted molar refractivity (Wildman–Crippen MR) is 73.0 cm³/mol. The maximum atomic E-state index is 11.5. The maximum absolute atomic E-state index is 11.5. The Hall–Kier alpha value is -1.07. The number of hydrogen-bond donors (Lipinski definition) is 1. The Kier molecular flexibility index (Phi) is 7.71. The van der Waals surface area contributed by atoms with E-state index < -0.39 is 5.92 Å². The van der Waals surface area contributed by atoms with Crippen LogP contribution in [0.2, 0.25) is 0 Å². The van der Waals surface area contributed by atoms with Crippen molar-refractivity contribution in [3.05, 3.63) is 0 Å². The number of ketones is 2. The summed E-state index contributed by atoms with van der Waals surface area (Å²) in [7, 11) is 1.71. The van der Waals surface area contributed by atoms with Gasteiger partial charge in [0.2, 0.25) is 0 Å². The van der Waals surface area contributed by atoms with Crippen molar-refractivity contribution in [2.45, 2.75) is 52.2 Å². The van der Waals surface area contributed by atoms with Gasteiger partial charge in [0.25, 0.3) is 0 Å². The molecule has 0 aliphatic carbocycles. The van der Waals surface area contributed by atoms with Gasteiger partial charge in [-0.25, -0.2) is 0 Å². The fourth-order valence-corrected chi connectivity index (χ4v) is 1.51. The van der Waals surface area contributed by atoms with Crippen LogP contribution in [0.1, 0.15) is 40.5 Å². The quantitative estimate of drug-likeness (QED) is 0.613. The molecule has 1 saturated heterocycles. The molecular formula is C14H25NO4. The van der Waals surface area contributed by atoms with Crippen LogP contribution in [0.5, 0.6) is 0 Å². The molecule has 5 heteroatoms. The number of nitrogens with one attached hydrogen (secondary N) is 1. The summed E-state index contributed by atoms with van der Waals surface area (Å²) in [5.74, 6) is -1.70. The molecule has 0 aromatic carbocycles. The Bertz CT molecular complexity index is 314. The molecule has 1 heterocycles. The number of ether oxygens (including phenoxy) is 1. The lowest BCUT2D eigenvalue weighted by Gasteiger charge is -2.14. The topological polar surface area (TPSA) is 72.5 Å². The zero-order chi connectivity index (χ0) is 15.1. The fraction of sp³-hybridized carbons (Fsp3) is 0.786. The normalized spacial score (nSPS) is 20.2. The van der Waals surface area contributed by atoms with Crippen molar-refractivity contribution in [1.82, 2.24) is 5.32 Å². The van der Waals surface area contributed by atoms with Gasteiger partial charge >= 0.3 is 0 Å². The molecule has 0 aromatic heterocycles. The van der Waals surface area contributed by atoms with Gasteiger partial charge in [0.15, 0.2) is 5.78 Å². The molecule has 0 aromatic rings. The van der Waals surface area contributed by atoms with Crippen LogP contribution in [0.25, 0.3) is 0 Å². The summed E-state index contributed by atoms with van der Waals surface area (Å²) in [5.41, 5.74) is 0.0417. The minimum atomic E-state index is -1.06. The molecule has 1 aliphatic rings. The molecule has 5 nitrogen and oxygen atoms in total. The van der Waals surface area contributed by atoms with Crippen LogP contribution >= 0.6 is 0 Å². The van der Waals surface area contributed by atoms with Gasteiger partial charge in [-0.3, -0.25) is 9.59 Å². The zero-order valence-corrected chi connectivity index (χ0v) is 12.5. The van der Waals surface area contributed by atoms with Crippen molar-refractivity contribution < 1.29 is 19.1 Å². The van der Waals surface area contributed by atoms with Crippen molar-refractivity contribution in [2.75, 3.05) is 13.7 Å². The number of carbonyl (C=O) groups excluding carboxylic acids is 3. The third-order valence-electron chi connectivity index (χ3n) is 2.90. The standard InChI is InChI=1S/C9H13NO3.C5H12O/c1-6(12)7(5-11)9(13)8-3-2-4-10-8;1-5(2,3)6-4/h5,7-8,10H,2-4H2,1H3;1-4H3. The van der Waals surface area contributed by atoms with Crippen LogP contribution in [0.3, 0.4) is 0 Å². The number of carbonyl (C=O) groups is 3. The van der Waals surface area contributed by atoms with E-state index in [0.717, 1.165) is 19.4 Å². The van der Waals surface area contributed by atoms with Crippen LogP contribution in [-0.4, -0.2) is 43.2 Å². The summed E-state index contributed by atoms with van der Waals surface area (Å²) < 4.78 is 4.94. The van der Waals surface area contributed by atoms with Gasteiger partial charge in [-0.15, -0.1) is 0 Å². The first-order chi connectivity index (χ1) is 8.72. The number of aldehydes is 1. The second kappa shape index (κ2) is 8.17. The summed E-state index contributed by atoms with van der Waals surface area (Å²) in [6.07, 6.45) is 2.10. The predicted octanol–water partition coefficient (Wildman–Crippen LogP) is 1.14. The monoisotopic (exact) mass is 271 g/mol. The van der Waals surface area contributed by atoms with E-state index in [1.54, 1.807) is 7.11 Å². The molecule has 0 radical (unpaired) electrons. The molecule has 2 unspecified atom stereocenters. The van der Waals surface area contributed by atoms with Crippen molar-refractivity contribution in [3.8, 4) is 0 Å². The highest BCUT2D eigenvalue weighted by molar-refractivity contribution is 6.14. The van der Waals surface area contributed by atoms with Crippen LogP contribution in [0.4, 0.5) is 0 Å². The lowest BCUT2D eigenvalue weighted by atomic mass is 9.95. The summed E-state index contributed by atoms with van der Waals surface area (Å²) >= 11 is 0. The average Bonchev–Trinajstić information content (AvgIpc) is 2.82. The third kappa shape index (κ3) is 7.18. The lowest BCUT2D eigenvalue weighted by molar-refractivity contribution is -0.135. The highest BCUT2D eigenvalue weighted by atomic mass is 16.5. The van der Waals surface area contributed by atoms with E-state index in [4.69, 9.17) is 4.74 Å². The average molecular weight is 271 g/mol. The Morgan fingerprint density at radius 3 is 2.16 bits per heavy atom. The van der Waals surface area contributed by atoms with Gasteiger partial charge in [-0.2, -0.15) is 0 Å². The van der Waals surface area contributed by atoms with Crippen LogP contribution in [0.15, 0.2) is 0 Å². The maximum Gasteiger partial charge on any atom is 0.167 e. The van der Waals surface area contributed by atoms with Crippen molar-refractivity contribution >= 4 is 17.9 Å². The molecule has 1 N–H and O–H groups in total. The summed E-state index contributed by atoms with van der Waals surface area (Å²) in [5, 5.41) is 2.97. The molecule has 0 spiro atoms. The van der Waals surface area contributed by atoms with Crippen LogP contribution < -0.4 is 5.32 Å². The van der Waals surface area contributed by atoms with Gasteiger partial charge < -0.3 is 14.8 Å². The number of methoxy groups -OCH3 is 1. The molecule has 1 aliphatic heterocycles. The van der Waals surface area contributed by atoms with Crippen LogP contribution in [0, 0.1) is 5.92 Å². The number of hydrogen-bond acceptors (Lipinski definition) is 5. The van der Waals surface area contributed by atoms with Crippen molar-refractivity contribution in [3.63, 3.8) is 0 Å². The number of rotatable bonds is 4. The van der Waals surface area contributed by atoms with E-state index in [1.807, 2.05) is 20.8 Å². The Labute approximate surface area is 115 Å². The molecule has 19 heavy (non-hydrogen) atoms. The Morgan fingerprint density at radius 1 is 1.37 bits per heavy atom. The van der Waals surface area contributed by atoms with E-state index in [1.165, 1.54) is 6.92 Å². The first kappa shape index (κ1) is 17.9. The van der Waals surface area contributed by atoms with Gasteiger partial charge in [-0.05, 0) is 47.1 Å². The molecular weight excluding hydrogens is 246 g/mol. The van der Waals surface area contributed by atoms with E-state index in [-0.39, 0.29) is 23.2 Å². The highest BCUT2D eigenvalue weighted by Crippen LogP contribution is 2.11. The van der Waals surface area contributed by atoms with E-state index in [9.17, 15) is 14.4 Å². The van der Waals surface area contributed by atoms with Gasteiger partial charge in [0.05, 0.1) is 11.6 Å². The fourth-order valence-electron chi connectivity index (χ4n) is 1.51. The summed E-state index contributed by atoms with van der Waals surface area (Å²) in [6, 6.07) is -0.293. The molecule has 110 valence electrons. The molecule has 0 bridgehead atoms. The van der Waals surface area contributed by atoms with E-state index in [0.29, 0.717) is 6.29 Å². The first-order valence-electron chi connectivity index (χ1n) is 6.51. The molecule has 0 amide bonds. The summed E-state index contributed by atoms with van der Waals surface area (Å²) in [6.45, 7) is 8.12. The highest BCUT2D eigenvalue weighted by Gasteiger charge is 2.31. The third-order valence-corrected chi connectivity index (χ3v) is 2.90. The van der Waals surface area contributed by atoms with Gasteiger partial charge in [0, 0.05) is 7.11 Å². The van der Waals surface area contributed by atoms with E-state index in [2.05, 4.69) is 5.32 Å². The van der Waals surface area contributed by atoms with Crippen LogP contribution in [-0.2, 0) is 19.1 Å². The Balaban J connectivity index is 0.000000459. The van der Waals surface area contributed by atoms with E-state index >= 15 is 0 Å². The largest absolute Gasteiger partial charge is 0.379 e. The second-order valence-electron chi connectivity index (χ2n) is 5.59. The van der Waals surface area contributed by atoms with Gasteiger partial charge in [0.1, 0.15) is 18.0 Å². The SMILES string of the molecule is CC(=O)C(C=O)C(=O)C1CCCN1.COC(C)(C)C. The number of Topliss-reactive ketones (excluding diaryl/α,β-unsaturated/α-hetero) is 2. The van der Waals surface area contributed by atoms with Crippen molar-refractivity contribution in [2.24, 2.45) is 5.92 Å².